The van der Waals surface area contributed by atoms with Crippen molar-refractivity contribution >= 4 is 11.6 Å². The Morgan fingerprint density at radius 1 is 1.29 bits per heavy atom. The van der Waals surface area contributed by atoms with Gasteiger partial charge in [-0.1, -0.05) is 6.92 Å². The molecule has 1 aromatic heterocycles. The van der Waals surface area contributed by atoms with E-state index in [0.29, 0.717) is 6.04 Å². The van der Waals surface area contributed by atoms with Gasteiger partial charge >= 0.3 is 0 Å². The monoisotopic (exact) mass is 236 g/mol. The van der Waals surface area contributed by atoms with Gasteiger partial charge in [0.25, 0.3) is 0 Å². The molecule has 17 heavy (non-hydrogen) atoms. The van der Waals surface area contributed by atoms with Gasteiger partial charge in [-0.05, 0) is 19.8 Å². The number of nitrogens with one attached hydrogen (secondary N) is 2. The zero-order valence-electron chi connectivity index (χ0n) is 10.4. The molecule has 0 aliphatic heterocycles. The zero-order chi connectivity index (χ0) is 12.3. The standard InChI is InChI=1S/C12H20N4O/c1-3-10-15-11(13-4-2)7-12(16-10)14-8-5-9(17)6-8/h7-9,17H,3-6H2,1-2H3,(H2,13,14,15,16). The fraction of sp³-hybridized carbons (Fsp3) is 0.667. The minimum absolute atomic E-state index is 0.145. The molecule has 3 N–H and O–H groups in total. The number of aliphatic hydroxyl groups is 1. The Morgan fingerprint density at radius 2 is 2.00 bits per heavy atom. The quantitative estimate of drug-likeness (QED) is 0.721. The van der Waals surface area contributed by atoms with Crippen molar-refractivity contribution in [2.24, 2.45) is 0 Å². The van der Waals surface area contributed by atoms with Crippen molar-refractivity contribution in [1.82, 2.24) is 9.97 Å². The van der Waals surface area contributed by atoms with Crippen LogP contribution in [0, 0.1) is 0 Å². The molecular weight excluding hydrogens is 216 g/mol. The predicted molar refractivity (Wildman–Crippen MR) is 68.2 cm³/mol. The lowest BCUT2D eigenvalue weighted by Gasteiger charge is -2.32. The minimum Gasteiger partial charge on any atom is -0.393 e. The van der Waals surface area contributed by atoms with Crippen LogP contribution in [-0.2, 0) is 6.42 Å². The van der Waals surface area contributed by atoms with E-state index in [1.807, 2.05) is 19.9 Å². The maximum atomic E-state index is 9.25. The van der Waals surface area contributed by atoms with Crippen LogP contribution in [0.2, 0.25) is 0 Å². The number of nitrogens with zero attached hydrogens (tertiary/aromatic N) is 2. The van der Waals surface area contributed by atoms with Crippen molar-refractivity contribution in [3.8, 4) is 0 Å². The smallest absolute Gasteiger partial charge is 0.132 e. The van der Waals surface area contributed by atoms with Gasteiger partial charge in [0.1, 0.15) is 17.5 Å². The van der Waals surface area contributed by atoms with Gasteiger partial charge in [0.05, 0.1) is 6.10 Å². The van der Waals surface area contributed by atoms with E-state index in [9.17, 15) is 5.11 Å². The van der Waals surface area contributed by atoms with Crippen LogP contribution in [0.25, 0.3) is 0 Å². The van der Waals surface area contributed by atoms with Crippen LogP contribution in [0.1, 0.15) is 32.5 Å². The van der Waals surface area contributed by atoms with Gasteiger partial charge in [-0.15, -0.1) is 0 Å². The summed E-state index contributed by atoms with van der Waals surface area (Å²) in [5.41, 5.74) is 0. The molecule has 5 heteroatoms. The Morgan fingerprint density at radius 3 is 2.59 bits per heavy atom. The van der Waals surface area contributed by atoms with Gasteiger partial charge in [-0.2, -0.15) is 0 Å². The Hall–Kier alpha value is -1.36. The van der Waals surface area contributed by atoms with E-state index in [-0.39, 0.29) is 6.10 Å². The molecule has 1 aliphatic rings. The topological polar surface area (TPSA) is 70.1 Å². The Bertz CT molecular complexity index is 377. The second-order valence-corrected chi connectivity index (χ2v) is 4.41. The molecule has 0 amide bonds. The normalized spacial score (nSPS) is 23.0. The highest BCUT2D eigenvalue weighted by atomic mass is 16.3. The van der Waals surface area contributed by atoms with Gasteiger partial charge < -0.3 is 15.7 Å². The first kappa shape index (κ1) is 12.1. The van der Waals surface area contributed by atoms with Crippen molar-refractivity contribution < 1.29 is 5.11 Å². The van der Waals surface area contributed by atoms with Crippen LogP contribution < -0.4 is 10.6 Å². The molecule has 0 bridgehead atoms. The number of aliphatic hydroxyl groups excluding tert-OH is 1. The van der Waals surface area contributed by atoms with E-state index in [4.69, 9.17) is 0 Å². The van der Waals surface area contributed by atoms with Crippen LogP contribution in [0.4, 0.5) is 11.6 Å². The van der Waals surface area contributed by atoms with E-state index in [1.54, 1.807) is 0 Å². The van der Waals surface area contributed by atoms with Crippen LogP contribution in [-0.4, -0.2) is 33.8 Å². The first-order chi connectivity index (χ1) is 8.21. The molecule has 0 unspecified atom stereocenters. The van der Waals surface area contributed by atoms with E-state index in [1.165, 1.54) is 0 Å². The molecule has 1 aliphatic carbocycles. The first-order valence-electron chi connectivity index (χ1n) is 6.27. The van der Waals surface area contributed by atoms with Crippen LogP contribution >= 0.6 is 0 Å². The maximum absolute atomic E-state index is 9.25. The minimum atomic E-state index is -0.145. The average molecular weight is 236 g/mol. The third-order valence-corrected chi connectivity index (χ3v) is 2.91. The fourth-order valence-corrected chi connectivity index (χ4v) is 1.92. The van der Waals surface area contributed by atoms with E-state index in [0.717, 1.165) is 43.3 Å². The van der Waals surface area contributed by atoms with Crippen LogP contribution in [0.5, 0.6) is 0 Å². The molecular formula is C12H20N4O. The lowest BCUT2D eigenvalue weighted by Crippen LogP contribution is -2.39. The summed E-state index contributed by atoms with van der Waals surface area (Å²) >= 11 is 0. The third-order valence-electron chi connectivity index (χ3n) is 2.91. The highest BCUT2D eigenvalue weighted by molar-refractivity contribution is 5.48. The summed E-state index contributed by atoms with van der Waals surface area (Å²) in [6.45, 7) is 4.94. The van der Waals surface area contributed by atoms with Crippen molar-refractivity contribution in [1.29, 1.82) is 0 Å². The first-order valence-corrected chi connectivity index (χ1v) is 6.27. The molecule has 1 fully saturated rings. The number of anilines is 2. The molecule has 1 saturated carbocycles. The summed E-state index contributed by atoms with van der Waals surface area (Å²) in [7, 11) is 0. The molecule has 0 saturated heterocycles. The Kier molecular flexibility index (Phi) is 3.78. The summed E-state index contributed by atoms with van der Waals surface area (Å²) in [6, 6.07) is 2.27. The highest BCUT2D eigenvalue weighted by Crippen LogP contribution is 2.24. The van der Waals surface area contributed by atoms with Gasteiger partial charge in [0.15, 0.2) is 0 Å². The lowest BCUT2D eigenvalue weighted by molar-refractivity contribution is 0.0835. The summed E-state index contributed by atoms with van der Waals surface area (Å²) in [5, 5.41) is 15.8. The second-order valence-electron chi connectivity index (χ2n) is 4.41. The van der Waals surface area contributed by atoms with Crippen molar-refractivity contribution in [3.05, 3.63) is 11.9 Å². The van der Waals surface area contributed by atoms with Crippen molar-refractivity contribution in [3.63, 3.8) is 0 Å². The number of aromatic nitrogens is 2. The molecule has 0 atom stereocenters. The molecule has 0 radical (unpaired) electrons. The summed E-state index contributed by atoms with van der Waals surface area (Å²) in [6.07, 6.45) is 2.29. The molecule has 1 heterocycles. The molecule has 0 aromatic carbocycles. The summed E-state index contributed by atoms with van der Waals surface area (Å²) < 4.78 is 0. The largest absolute Gasteiger partial charge is 0.393 e. The van der Waals surface area contributed by atoms with E-state index in [2.05, 4.69) is 20.6 Å². The highest BCUT2D eigenvalue weighted by Gasteiger charge is 2.27. The van der Waals surface area contributed by atoms with Crippen molar-refractivity contribution in [2.75, 3.05) is 17.2 Å². The number of hydrogen-bond donors (Lipinski definition) is 3. The van der Waals surface area contributed by atoms with Gasteiger partial charge in [-0.3, -0.25) is 0 Å². The Labute approximate surface area is 102 Å². The third kappa shape index (κ3) is 3.06. The molecule has 5 nitrogen and oxygen atoms in total. The number of hydrogen-bond acceptors (Lipinski definition) is 5. The zero-order valence-corrected chi connectivity index (χ0v) is 10.4. The average Bonchev–Trinajstić information content (AvgIpc) is 2.27. The molecule has 94 valence electrons. The Balaban J connectivity index is 2.06. The van der Waals surface area contributed by atoms with Gasteiger partial charge in [-0.25, -0.2) is 9.97 Å². The van der Waals surface area contributed by atoms with Gasteiger partial charge in [0, 0.05) is 25.1 Å². The summed E-state index contributed by atoms with van der Waals surface area (Å²) in [5.74, 6) is 2.55. The van der Waals surface area contributed by atoms with Gasteiger partial charge in [0.2, 0.25) is 0 Å². The maximum Gasteiger partial charge on any atom is 0.132 e. The van der Waals surface area contributed by atoms with E-state index >= 15 is 0 Å². The van der Waals surface area contributed by atoms with Crippen LogP contribution in [0.15, 0.2) is 6.07 Å². The number of rotatable bonds is 5. The second kappa shape index (κ2) is 5.31. The molecule has 0 spiro atoms. The van der Waals surface area contributed by atoms with E-state index < -0.39 is 0 Å². The fourth-order valence-electron chi connectivity index (χ4n) is 1.92. The molecule has 2 rings (SSSR count). The number of aryl methyl sites for hydroxylation is 1. The van der Waals surface area contributed by atoms with Crippen LogP contribution in [0.3, 0.4) is 0 Å². The summed E-state index contributed by atoms with van der Waals surface area (Å²) in [4.78, 5) is 8.83. The van der Waals surface area contributed by atoms with Crippen molar-refractivity contribution in [2.45, 2.75) is 45.3 Å². The lowest BCUT2D eigenvalue weighted by atomic mass is 9.89. The SMILES string of the molecule is CCNc1cc(NC2CC(O)C2)nc(CC)n1. The molecule has 1 aromatic rings. The predicted octanol–water partition coefficient (Wildman–Crippen LogP) is 1.41.